The van der Waals surface area contributed by atoms with Gasteiger partial charge in [-0.15, -0.1) is 0 Å². The van der Waals surface area contributed by atoms with Gasteiger partial charge in [-0.1, -0.05) is 17.3 Å². The second-order valence-corrected chi connectivity index (χ2v) is 5.32. The van der Waals surface area contributed by atoms with E-state index in [1.807, 2.05) is 0 Å². The van der Waals surface area contributed by atoms with Crippen LogP contribution in [-0.2, 0) is 10.0 Å². The van der Waals surface area contributed by atoms with Gasteiger partial charge in [-0.25, -0.2) is 8.42 Å². The van der Waals surface area contributed by atoms with E-state index < -0.39 is 10.0 Å². The number of anilines is 2. The second kappa shape index (κ2) is 4.10. The van der Waals surface area contributed by atoms with Crippen LogP contribution in [0.25, 0.3) is 11.3 Å². The van der Waals surface area contributed by atoms with Crippen molar-refractivity contribution in [1.29, 1.82) is 0 Å². The first-order valence-electron chi connectivity index (χ1n) is 4.74. The van der Waals surface area contributed by atoms with Gasteiger partial charge >= 0.3 is 0 Å². The van der Waals surface area contributed by atoms with E-state index in [2.05, 4.69) is 9.88 Å². The molecule has 0 aliphatic carbocycles. The van der Waals surface area contributed by atoms with Crippen LogP contribution in [0.1, 0.15) is 0 Å². The number of nitrogens with zero attached hydrogens (tertiary/aromatic N) is 1. The molecule has 0 bridgehead atoms. The molecule has 0 fully saturated rings. The minimum atomic E-state index is -3.29. The van der Waals surface area contributed by atoms with Crippen molar-refractivity contribution in [1.82, 2.24) is 5.16 Å². The summed E-state index contributed by atoms with van der Waals surface area (Å²) in [5.41, 5.74) is 6.59. The molecule has 0 spiro atoms. The van der Waals surface area contributed by atoms with Crippen LogP contribution in [0.2, 0.25) is 0 Å². The lowest BCUT2D eigenvalue weighted by Gasteiger charge is -2.04. The van der Waals surface area contributed by atoms with E-state index in [4.69, 9.17) is 10.3 Å². The lowest BCUT2D eigenvalue weighted by molar-refractivity contribution is 0.436. The molecule has 3 N–H and O–H groups in total. The molecular weight excluding hydrogens is 242 g/mol. The Morgan fingerprint density at radius 3 is 2.71 bits per heavy atom. The Kier molecular flexibility index (Phi) is 2.76. The fourth-order valence-electron chi connectivity index (χ4n) is 1.37. The van der Waals surface area contributed by atoms with Crippen molar-refractivity contribution in [2.45, 2.75) is 0 Å². The molecule has 0 unspecified atom stereocenters. The largest absolute Gasteiger partial charge is 0.381 e. The predicted molar refractivity (Wildman–Crippen MR) is 64.8 cm³/mol. The summed E-state index contributed by atoms with van der Waals surface area (Å²) in [5.74, 6) is 0.765. The topological polar surface area (TPSA) is 98.2 Å². The summed E-state index contributed by atoms with van der Waals surface area (Å²) in [7, 11) is -3.29. The predicted octanol–water partition coefficient (Wildman–Crippen LogP) is 1.30. The van der Waals surface area contributed by atoms with Gasteiger partial charge in [0.1, 0.15) is 0 Å². The van der Waals surface area contributed by atoms with Crippen LogP contribution in [0.4, 0.5) is 11.5 Å². The number of nitrogen functional groups attached to an aromatic ring is 1. The van der Waals surface area contributed by atoms with E-state index in [1.54, 1.807) is 30.3 Å². The normalized spacial score (nSPS) is 11.4. The van der Waals surface area contributed by atoms with E-state index in [-0.39, 0.29) is 5.82 Å². The lowest BCUT2D eigenvalue weighted by Crippen LogP contribution is -2.09. The zero-order chi connectivity index (χ0) is 12.5. The Balaban J connectivity index is 2.35. The molecule has 1 heterocycles. The first kappa shape index (κ1) is 11.5. The first-order chi connectivity index (χ1) is 7.94. The number of nitrogens with one attached hydrogen (secondary N) is 1. The molecular formula is C10H11N3O3S. The molecule has 0 saturated heterocycles. The Hall–Kier alpha value is -2.02. The molecule has 2 rings (SSSR count). The van der Waals surface area contributed by atoms with Crippen molar-refractivity contribution in [2.75, 3.05) is 16.7 Å². The maximum atomic E-state index is 11.1. The maximum absolute atomic E-state index is 11.1. The summed E-state index contributed by atoms with van der Waals surface area (Å²) in [6.07, 6.45) is 1.09. The van der Waals surface area contributed by atoms with E-state index in [0.717, 1.165) is 6.26 Å². The molecule has 0 aliphatic rings. The van der Waals surface area contributed by atoms with Gasteiger partial charge in [0, 0.05) is 17.3 Å². The maximum Gasteiger partial charge on any atom is 0.229 e. The third kappa shape index (κ3) is 2.97. The van der Waals surface area contributed by atoms with Crippen LogP contribution in [0.15, 0.2) is 34.9 Å². The molecule has 6 nitrogen and oxygen atoms in total. The van der Waals surface area contributed by atoms with Crippen LogP contribution < -0.4 is 10.5 Å². The van der Waals surface area contributed by atoms with Crippen LogP contribution in [0.3, 0.4) is 0 Å². The van der Waals surface area contributed by atoms with Gasteiger partial charge in [-0.3, -0.25) is 4.72 Å². The molecule has 1 aromatic heterocycles. The number of aromatic nitrogens is 1. The number of rotatable bonds is 3. The van der Waals surface area contributed by atoms with Crippen molar-refractivity contribution in [3.63, 3.8) is 0 Å². The molecule has 90 valence electrons. The molecule has 0 aliphatic heterocycles. The van der Waals surface area contributed by atoms with Gasteiger partial charge in [-0.2, -0.15) is 0 Å². The monoisotopic (exact) mass is 253 g/mol. The highest BCUT2D eigenvalue weighted by atomic mass is 32.2. The number of hydrogen-bond acceptors (Lipinski definition) is 5. The summed E-state index contributed by atoms with van der Waals surface area (Å²) in [4.78, 5) is 0. The Morgan fingerprint density at radius 2 is 2.12 bits per heavy atom. The highest BCUT2D eigenvalue weighted by Gasteiger charge is 2.07. The van der Waals surface area contributed by atoms with E-state index in [1.165, 1.54) is 0 Å². The number of hydrogen-bond donors (Lipinski definition) is 2. The summed E-state index contributed by atoms with van der Waals surface area (Å²) in [6, 6.07) is 8.33. The van der Waals surface area contributed by atoms with Crippen molar-refractivity contribution in [2.24, 2.45) is 0 Å². The summed E-state index contributed by atoms with van der Waals surface area (Å²) in [5, 5.41) is 3.56. The Bertz CT molecular complexity index is 634. The fourth-order valence-corrected chi connectivity index (χ4v) is 1.93. The quantitative estimate of drug-likeness (QED) is 0.859. The van der Waals surface area contributed by atoms with Crippen molar-refractivity contribution >= 4 is 21.5 Å². The smallest absolute Gasteiger partial charge is 0.229 e. The number of benzene rings is 1. The summed E-state index contributed by atoms with van der Waals surface area (Å²) in [6.45, 7) is 0. The Labute approximate surface area is 98.5 Å². The molecule has 0 amide bonds. The minimum Gasteiger partial charge on any atom is -0.381 e. The van der Waals surface area contributed by atoms with Gasteiger partial charge in [0.2, 0.25) is 10.0 Å². The summed E-state index contributed by atoms with van der Waals surface area (Å²) < 4.78 is 29.5. The minimum absolute atomic E-state index is 0.279. The van der Waals surface area contributed by atoms with Gasteiger partial charge in [-0.05, 0) is 12.1 Å². The van der Waals surface area contributed by atoms with Crippen LogP contribution in [0.5, 0.6) is 0 Å². The average Bonchev–Trinajstić information content (AvgIpc) is 2.63. The zero-order valence-electron chi connectivity index (χ0n) is 9.04. The molecule has 0 radical (unpaired) electrons. The standard InChI is InChI=1S/C10H11N3O3S/c1-17(14,15)13-8-4-2-3-7(5-8)9-6-10(11)12-16-9/h2-6,13H,1H3,(H2,11,12). The van der Waals surface area contributed by atoms with E-state index in [9.17, 15) is 8.42 Å². The molecule has 0 atom stereocenters. The first-order valence-corrected chi connectivity index (χ1v) is 6.63. The van der Waals surface area contributed by atoms with Crippen molar-refractivity contribution < 1.29 is 12.9 Å². The average molecular weight is 253 g/mol. The van der Waals surface area contributed by atoms with Crippen molar-refractivity contribution in [3.8, 4) is 11.3 Å². The highest BCUT2D eigenvalue weighted by molar-refractivity contribution is 7.92. The van der Waals surface area contributed by atoms with Crippen LogP contribution in [-0.4, -0.2) is 19.8 Å². The van der Waals surface area contributed by atoms with E-state index >= 15 is 0 Å². The number of sulfonamides is 1. The SMILES string of the molecule is CS(=O)(=O)Nc1cccc(-c2cc(N)no2)c1. The summed E-state index contributed by atoms with van der Waals surface area (Å²) >= 11 is 0. The van der Waals surface area contributed by atoms with E-state index in [0.29, 0.717) is 17.0 Å². The number of nitrogens with two attached hydrogens (primary N) is 1. The van der Waals surface area contributed by atoms with Gasteiger partial charge in [0.25, 0.3) is 0 Å². The van der Waals surface area contributed by atoms with Gasteiger partial charge in [0.05, 0.1) is 6.26 Å². The van der Waals surface area contributed by atoms with Gasteiger partial charge < -0.3 is 10.3 Å². The molecule has 7 heteroatoms. The molecule has 0 saturated carbocycles. The third-order valence-corrected chi connectivity index (χ3v) is 2.59. The lowest BCUT2D eigenvalue weighted by atomic mass is 10.1. The zero-order valence-corrected chi connectivity index (χ0v) is 9.86. The molecule has 1 aromatic carbocycles. The second-order valence-electron chi connectivity index (χ2n) is 3.57. The van der Waals surface area contributed by atoms with Crippen LogP contribution >= 0.6 is 0 Å². The fraction of sp³-hybridized carbons (Fsp3) is 0.100. The highest BCUT2D eigenvalue weighted by Crippen LogP contribution is 2.24. The molecule has 2 aromatic rings. The van der Waals surface area contributed by atoms with Gasteiger partial charge in [0.15, 0.2) is 11.6 Å². The van der Waals surface area contributed by atoms with Crippen LogP contribution in [0, 0.1) is 0 Å². The van der Waals surface area contributed by atoms with Crippen molar-refractivity contribution in [3.05, 3.63) is 30.3 Å². The molecule has 17 heavy (non-hydrogen) atoms. The third-order valence-electron chi connectivity index (χ3n) is 1.98. The Morgan fingerprint density at radius 1 is 1.35 bits per heavy atom.